The summed E-state index contributed by atoms with van der Waals surface area (Å²) in [5, 5.41) is 0. The van der Waals surface area contributed by atoms with Gasteiger partial charge in [-0.1, -0.05) is 29.8 Å². The normalized spacial score (nSPS) is 13.0. The van der Waals surface area contributed by atoms with Crippen LogP contribution in [0.15, 0.2) is 48.5 Å². The van der Waals surface area contributed by atoms with Crippen LogP contribution in [0.4, 0.5) is 4.39 Å². The van der Waals surface area contributed by atoms with E-state index in [0.717, 1.165) is 11.1 Å². The van der Waals surface area contributed by atoms with Gasteiger partial charge in [-0.2, -0.15) is 0 Å². The Morgan fingerprint density at radius 3 is 2.27 bits per heavy atom. The van der Waals surface area contributed by atoms with Crippen molar-refractivity contribution in [3.05, 3.63) is 65.5 Å². The zero-order valence-electron chi connectivity index (χ0n) is 15.3. The molecule has 0 fully saturated rings. The minimum absolute atomic E-state index is 0.00186. The summed E-state index contributed by atoms with van der Waals surface area (Å²) in [7, 11) is 0.346. The highest BCUT2D eigenvalue weighted by atomic mass is 32.2. The van der Waals surface area contributed by atoms with Crippen molar-refractivity contribution in [2.75, 3.05) is 33.0 Å². The van der Waals surface area contributed by atoms with Crippen molar-refractivity contribution in [3.8, 4) is 5.75 Å². The maximum Gasteiger partial charge on any atom is 0.215 e. The Morgan fingerprint density at radius 2 is 1.69 bits per heavy atom. The fourth-order valence-electron chi connectivity index (χ4n) is 2.47. The summed E-state index contributed by atoms with van der Waals surface area (Å²) in [6.07, 6.45) is 0. The molecule has 142 valence electrons. The predicted molar refractivity (Wildman–Crippen MR) is 101 cm³/mol. The lowest BCUT2D eigenvalue weighted by molar-refractivity contribution is 0.298. The lowest BCUT2D eigenvalue weighted by Crippen LogP contribution is -2.36. The molecule has 0 aliphatic rings. The molecule has 1 N–H and O–H groups in total. The molecule has 2 aromatic carbocycles. The van der Waals surface area contributed by atoms with E-state index in [2.05, 4.69) is 4.72 Å². The molecule has 0 saturated heterocycles. The van der Waals surface area contributed by atoms with Crippen molar-refractivity contribution >= 4 is 10.0 Å². The van der Waals surface area contributed by atoms with Crippen LogP contribution >= 0.6 is 0 Å². The Kier molecular flexibility index (Phi) is 7.14. The van der Waals surface area contributed by atoms with Gasteiger partial charge < -0.3 is 9.64 Å². The molecule has 5 nitrogen and oxygen atoms in total. The first-order valence-electron chi connectivity index (χ1n) is 8.35. The van der Waals surface area contributed by atoms with Gasteiger partial charge in [0, 0.05) is 12.6 Å². The second-order valence-corrected chi connectivity index (χ2v) is 8.29. The first-order valence-corrected chi connectivity index (χ1v) is 10.0. The SMILES string of the molecule is Cc1ccc(C(CNS(=O)(=O)CCOc2ccc(F)cc2)N(C)C)cc1. The van der Waals surface area contributed by atoms with Crippen LogP contribution in [-0.4, -0.2) is 46.3 Å². The quantitative estimate of drug-likeness (QED) is 0.727. The van der Waals surface area contributed by atoms with Crippen molar-refractivity contribution in [1.82, 2.24) is 9.62 Å². The molecular weight excluding hydrogens is 355 g/mol. The molecular formula is C19H25FN2O3S. The fraction of sp³-hybridized carbons (Fsp3) is 0.368. The molecule has 2 aromatic rings. The second-order valence-electron chi connectivity index (χ2n) is 6.36. The van der Waals surface area contributed by atoms with Crippen molar-refractivity contribution in [3.63, 3.8) is 0 Å². The summed E-state index contributed by atoms with van der Waals surface area (Å²) >= 11 is 0. The third kappa shape index (κ3) is 6.40. The van der Waals surface area contributed by atoms with Gasteiger partial charge in [-0.25, -0.2) is 17.5 Å². The van der Waals surface area contributed by atoms with Gasteiger partial charge in [0.05, 0.1) is 5.75 Å². The van der Waals surface area contributed by atoms with Gasteiger partial charge in [-0.3, -0.25) is 0 Å². The number of rotatable bonds is 9. The van der Waals surface area contributed by atoms with E-state index in [-0.39, 0.29) is 30.8 Å². The number of likely N-dealkylation sites (N-methyl/N-ethyl adjacent to an activating group) is 1. The summed E-state index contributed by atoms with van der Waals surface area (Å²) in [4.78, 5) is 1.97. The van der Waals surface area contributed by atoms with E-state index in [1.165, 1.54) is 24.3 Å². The number of ether oxygens (including phenoxy) is 1. The molecule has 0 aromatic heterocycles. The lowest BCUT2D eigenvalue weighted by Gasteiger charge is -2.25. The Balaban J connectivity index is 1.88. The molecule has 1 unspecified atom stereocenters. The summed E-state index contributed by atoms with van der Waals surface area (Å²) in [6, 6.07) is 13.4. The van der Waals surface area contributed by atoms with E-state index in [0.29, 0.717) is 5.75 Å². The van der Waals surface area contributed by atoms with Crippen LogP contribution in [-0.2, 0) is 10.0 Å². The summed E-state index contributed by atoms with van der Waals surface area (Å²) in [5.41, 5.74) is 2.20. The number of hydrogen-bond acceptors (Lipinski definition) is 4. The summed E-state index contributed by atoms with van der Waals surface area (Å²) in [6.45, 7) is 2.28. The third-order valence-electron chi connectivity index (χ3n) is 4.02. The van der Waals surface area contributed by atoms with Gasteiger partial charge in [0.2, 0.25) is 10.0 Å². The van der Waals surface area contributed by atoms with Crippen LogP contribution in [0.3, 0.4) is 0 Å². The predicted octanol–water partition coefficient (Wildman–Crippen LogP) is 2.74. The maximum atomic E-state index is 12.8. The number of sulfonamides is 1. The lowest BCUT2D eigenvalue weighted by atomic mass is 10.0. The van der Waals surface area contributed by atoms with Crippen molar-refractivity contribution in [2.45, 2.75) is 13.0 Å². The number of halogens is 1. The van der Waals surface area contributed by atoms with Crippen LogP contribution in [0, 0.1) is 12.7 Å². The molecule has 26 heavy (non-hydrogen) atoms. The van der Waals surface area contributed by atoms with Gasteiger partial charge in [0.25, 0.3) is 0 Å². The smallest absolute Gasteiger partial charge is 0.215 e. The molecule has 0 saturated carbocycles. The van der Waals surface area contributed by atoms with E-state index in [9.17, 15) is 12.8 Å². The molecule has 7 heteroatoms. The number of hydrogen-bond donors (Lipinski definition) is 1. The average molecular weight is 380 g/mol. The first kappa shape index (κ1) is 20.4. The van der Waals surface area contributed by atoms with E-state index < -0.39 is 10.0 Å². The molecule has 0 amide bonds. The Bertz CT molecular complexity index is 791. The van der Waals surface area contributed by atoms with Gasteiger partial charge in [-0.15, -0.1) is 0 Å². The molecule has 0 bridgehead atoms. The van der Waals surface area contributed by atoms with E-state index in [1.54, 1.807) is 0 Å². The zero-order chi connectivity index (χ0) is 19.2. The topological polar surface area (TPSA) is 58.6 Å². The fourth-order valence-corrected chi connectivity index (χ4v) is 3.32. The molecule has 0 spiro atoms. The van der Waals surface area contributed by atoms with E-state index in [4.69, 9.17) is 4.74 Å². The Hall–Kier alpha value is -1.96. The maximum absolute atomic E-state index is 12.8. The minimum Gasteiger partial charge on any atom is -0.492 e. The highest BCUT2D eigenvalue weighted by Gasteiger charge is 2.18. The average Bonchev–Trinajstić information content (AvgIpc) is 2.58. The van der Waals surface area contributed by atoms with Crippen LogP contribution in [0.2, 0.25) is 0 Å². The third-order valence-corrected chi connectivity index (χ3v) is 5.33. The molecule has 0 radical (unpaired) electrons. The van der Waals surface area contributed by atoms with Crippen molar-refractivity contribution in [2.24, 2.45) is 0 Å². The van der Waals surface area contributed by atoms with Gasteiger partial charge in [0.15, 0.2) is 0 Å². The summed E-state index contributed by atoms with van der Waals surface area (Å²) in [5.74, 6) is -0.0943. The molecule has 0 aliphatic carbocycles. The van der Waals surface area contributed by atoms with Gasteiger partial charge in [0.1, 0.15) is 18.2 Å². The van der Waals surface area contributed by atoms with Crippen LogP contribution < -0.4 is 9.46 Å². The van der Waals surface area contributed by atoms with Crippen LogP contribution in [0.1, 0.15) is 17.2 Å². The number of nitrogens with one attached hydrogen (secondary N) is 1. The van der Waals surface area contributed by atoms with Crippen LogP contribution in [0.25, 0.3) is 0 Å². The number of nitrogens with zero attached hydrogens (tertiary/aromatic N) is 1. The minimum atomic E-state index is -3.48. The van der Waals surface area contributed by atoms with Crippen molar-refractivity contribution in [1.29, 1.82) is 0 Å². The molecule has 2 rings (SSSR count). The number of aryl methyl sites for hydroxylation is 1. The first-order chi connectivity index (χ1) is 12.3. The zero-order valence-corrected chi connectivity index (χ0v) is 16.1. The highest BCUT2D eigenvalue weighted by molar-refractivity contribution is 7.89. The summed E-state index contributed by atoms with van der Waals surface area (Å²) < 4.78 is 45.3. The molecule has 1 atom stereocenters. The largest absolute Gasteiger partial charge is 0.492 e. The number of benzene rings is 2. The van der Waals surface area contributed by atoms with Gasteiger partial charge >= 0.3 is 0 Å². The highest BCUT2D eigenvalue weighted by Crippen LogP contribution is 2.18. The van der Waals surface area contributed by atoms with Gasteiger partial charge in [-0.05, 0) is 50.8 Å². The monoisotopic (exact) mass is 380 g/mol. The van der Waals surface area contributed by atoms with E-state index >= 15 is 0 Å². The molecule has 0 aliphatic heterocycles. The van der Waals surface area contributed by atoms with Crippen LogP contribution in [0.5, 0.6) is 5.75 Å². The Morgan fingerprint density at radius 1 is 1.08 bits per heavy atom. The standard InChI is InChI=1S/C19H25FN2O3S/c1-15-4-6-16(7-5-15)19(22(2)3)14-21-26(23,24)13-12-25-18-10-8-17(20)9-11-18/h4-11,19,21H,12-14H2,1-3H3. The van der Waals surface area contributed by atoms with Crippen molar-refractivity contribution < 1.29 is 17.5 Å². The van der Waals surface area contributed by atoms with E-state index in [1.807, 2.05) is 50.2 Å². The Labute approximate surface area is 154 Å². The second kappa shape index (κ2) is 9.12. The molecule has 0 heterocycles.